The normalized spacial score (nSPS) is 11.8. The van der Waals surface area contributed by atoms with Gasteiger partial charge in [0.1, 0.15) is 28.9 Å². The number of pyridine rings is 2. The van der Waals surface area contributed by atoms with Crippen LogP contribution in [0.15, 0.2) is 61.1 Å². The molecule has 11 nitrogen and oxygen atoms in total. The number of aryl methyl sites for hydroxylation is 1. The summed E-state index contributed by atoms with van der Waals surface area (Å²) in [4.78, 5) is 29.1. The number of halogens is 4. The molecular weight excluding hydrogens is 612 g/mol. The summed E-state index contributed by atoms with van der Waals surface area (Å²) in [5, 5.41) is 2.57. The highest BCUT2D eigenvalue weighted by atomic mass is 19.4. The van der Waals surface area contributed by atoms with Crippen molar-refractivity contribution in [3.8, 4) is 40.3 Å². The Morgan fingerprint density at radius 2 is 1.78 bits per heavy atom. The summed E-state index contributed by atoms with van der Waals surface area (Å²) in [6, 6.07) is 12.0. The van der Waals surface area contributed by atoms with E-state index < -0.39 is 36.2 Å². The third-order valence-electron chi connectivity index (χ3n) is 6.14. The monoisotopic (exact) mass is 640 g/mol. The van der Waals surface area contributed by atoms with Gasteiger partial charge in [-0.25, -0.2) is 24.1 Å². The van der Waals surface area contributed by atoms with Gasteiger partial charge in [0.05, 0.1) is 30.2 Å². The molecule has 0 atom stereocenters. The van der Waals surface area contributed by atoms with Gasteiger partial charge in [-0.05, 0) is 52.0 Å². The van der Waals surface area contributed by atoms with Crippen LogP contribution < -0.4 is 19.5 Å². The van der Waals surface area contributed by atoms with Crippen molar-refractivity contribution in [3.63, 3.8) is 0 Å². The largest absolute Gasteiger partial charge is 0.494 e. The summed E-state index contributed by atoms with van der Waals surface area (Å²) < 4.78 is 77.9. The molecule has 0 fully saturated rings. The average Bonchev–Trinajstić information content (AvgIpc) is 3.35. The van der Waals surface area contributed by atoms with E-state index in [1.54, 1.807) is 45.9 Å². The Kier molecular flexibility index (Phi) is 8.68. The number of nitrogens with zero attached hydrogens (tertiary/aromatic N) is 5. The number of carbonyl (C=O) groups excluding carboxylic acids is 1. The smallest absolute Gasteiger partial charge is 0.422 e. The topological polar surface area (TPSA) is 123 Å². The van der Waals surface area contributed by atoms with E-state index in [0.717, 1.165) is 12.4 Å². The number of hydrogen-bond donors (Lipinski definition) is 1. The predicted molar refractivity (Wildman–Crippen MR) is 159 cm³/mol. The molecule has 46 heavy (non-hydrogen) atoms. The fourth-order valence-corrected chi connectivity index (χ4v) is 4.39. The van der Waals surface area contributed by atoms with Crippen LogP contribution in [0.25, 0.3) is 28.1 Å². The summed E-state index contributed by atoms with van der Waals surface area (Å²) in [5.74, 6) is -1.00. The van der Waals surface area contributed by atoms with Crippen molar-refractivity contribution in [2.24, 2.45) is 0 Å². The fourth-order valence-electron chi connectivity index (χ4n) is 4.39. The Morgan fingerprint density at radius 3 is 2.46 bits per heavy atom. The van der Waals surface area contributed by atoms with Gasteiger partial charge < -0.3 is 23.5 Å². The minimum absolute atomic E-state index is 0.00924. The lowest BCUT2D eigenvalue weighted by Gasteiger charge is -2.20. The van der Waals surface area contributed by atoms with Gasteiger partial charge in [0.15, 0.2) is 18.2 Å². The highest BCUT2D eigenvalue weighted by Crippen LogP contribution is 2.39. The summed E-state index contributed by atoms with van der Waals surface area (Å²) in [5.41, 5.74) is 0.909. The lowest BCUT2D eigenvalue weighted by atomic mass is 10.2. The number of anilines is 1. The highest BCUT2D eigenvalue weighted by molar-refractivity contribution is 5.91. The summed E-state index contributed by atoms with van der Waals surface area (Å²) in [6.45, 7) is 5.27. The van der Waals surface area contributed by atoms with Gasteiger partial charge in [-0.2, -0.15) is 18.2 Å². The summed E-state index contributed by atoms with van der Waals surface area (Å²) >= 11 is 0. The molecule has 0 aliphatic heterocycles. The van der Waals surface area contributed by atoms with Crippen LogP contribution in [0.4, 0.5) is 28.0 Å². The van der Waals surface area contributed by atoms with Crippen molar-refractivity contribution in [1.82, 2.24) is 24.5 Å². The number of hydrogen-bond acceptors (Lipinski definition) is 9. The quantitative estimate of drug-likeness (QED) is 0.173. The molecule has 0 bridgehead atoms. The van der Waals surface area contributed by atoms with Gasteiger partial charge in [0.25, 0.3) is 0 Å². The molecule has 0 saturated carbocycles. The standard InChI is InChI=1S/C31H28F4N6O5/c1-17-7-6-8-25(39-17)45-23-10-9-19(12-20(23)32)41-22(13-21-27(41)28(38-16-37-21)44-15-31(33,34)35)26-24(43-5)11-18(14-36-26)40-29(42)46-30(2,3)4/h6-14,16H,15H2,1-5H3,(H,40,42). The maximum atomic E-state index is 15.5. The van der Waals surface area contributed by atoms with Crippen LogP contribution in [-0.2, 0) is 4.74 Å². The molecule has 240 valence electrons. The molecule has 4 heterocycles. The molecule has 0 saturated heterocycles. The number of fused-ring (bicyclic) bond motifs is 1. The number of ether oxygens (including phenoxy) is 4. The van der Waals surface area contributed by atoms with Crippen LogP contribution in [0.1, 0.15) is 26.5 Å². The van der Waals surface area contributed by atoms with E-state index in [1.165, 1.54) is 42.1 Å². The summed E-state index contributed by atoms with van der Waals surface area (Å²) in [6.07, 6.45) is -3.00. The molecule has 1 aromatic carbocycles. The maximum Gasteiger partial charge on any atom is 0.422 e. The molecule has 5 rings (SSSR count). The number of alkyl halides is 3. The van der Waals surface area contributed by atoms with Gasteiger partial charge in [0.2, 0.25) is 11.8 Å². The van der Waals surface area contributed by atoms with Crippen molar-refractivity contribution in [3.05, 3.63) is 72.6 Å². The molecule has 0 aliphatic rings. The van der Waals surface area contributed by atoms with Gasteiger partial charge >= 0.3 is 12.3 Å². The molecule has 0 aliphatic carbocycles. The molecule has 5 aromatic rings. The Morgan fingerprint density at radius 1 is 1.00 bits per heavy atom. The SMILES string of the molecule is COc1cc(NC(=O)OC(C)(C)C)cnc1-c1cc2ncnc(OCC(F)(F)F)c2n1-c1ccc(Oc2cccc(C)n2)c(F)c1. The van der Waals surface area contributed by atoms with E-state index in [1.807, 2.05) is 0 Å². The van der Waals surface area contributed by atoms with Crippen LogP contribution in [0.3, 0.4) is 0 Å². The Balaban J connectivity index is 1.63. The zero-order valence-electron chi connectivity index (χ0n) is 25.3. The molecule has 15 heteroatoms. The van der Waals surface area contributed by atoms with Crippen molar-refractivity contribution in [2.45, 2.75) is 39.5 Å². The van der Waals surface area contributed by atoms with Gasteiger partial charge in [-0.3, -0.25) is 5.32 Å². The number of nitrogens with one attached hydrogen (secondary N) is 1. The van der Waals surface area contributed by atoms with Gasteiger partial charge in [0, 0.05) is 29.6 Å². The molecule has 0 spiro atoms. The van der Waals surface area contributed by atoms with Crippen molar-refractivity contribution < 1.29 is 41.3 Å². The van der Waals surface area contributed by atoms with Gasteiger partial charge in [-0.15, -0.1) is 0 Å². The zero-order valence-corrected chi connectivity index (χ0v) is 25.3. The second kappa shape index (κ2) is 12.5. The zero-order chi connectivity index (χ0) is 33.2. The van der Waals surface area contributed by atoms with Crippen LogP contribution >= 0.6 is 0 Å². The van der Waals surface area contributed by atoms with E-state index >= 15 is 4.39 Å². The minimum Gasteiger partial charge on any atom is -0.494 e. The number of rotatable bonds is 8. The van der Waals surface area contributed by atoms with Crippen molar-refractivity contribution in [1.29, 1.82) is 0 Å². The predicted octanol–water partition coefficient (Wildman–Crippen LogP) is 7.41. The molecule has 4 aromatic heterocycles. The van der Waals surface area contributed by atoms with E-state index in [9.17, 15) is 18.0 Å². The minimum atomic E-state index is -4.66. The number of methoxy groups -OCH3 is 1. The van der Waals surface area contributed by atoms with Crippen LogP contribution in [0.2, 0.25) is 0 Å². The van der Waals surface area contributed by atoms with E-state index in [-0.39, 0.29) is 51.2 Å². The third kappa shape index (κ3) is 7.42. The number of carbonyl (C=O) groups is 1. The van der Waals surface area contributed by atoms with Crippen LogP contribution in [-0.4, -0.2) is 56.1 Å². The highest BCUT2D eigenvalue weighted by Gasteiger charge is 2.30. The van der Waals surface area contributed by atoms with Crippen molar-refractivity contribution >= 4 is 22.8 Å². The molecule has 0 radical (unpaired) electrons. The van der Waals surface area contributed by atoms with Crippen LogP contribution in [0, 0.1) is 12.7 Å². The average molecular weight is 641 g/mol. The first-order valence-corrected chi connectivity index (χ1v) is 13.7. The van der Waals surface area contributed by atoms with E-state index in [4.69, 9.17) is 18.9 Å². The second-order valence-corrected chi connectivity index (χ2v) is 10.9. The number of aromatic nitrogens is 5. The van der Waals surface area contributed by atoms with Gasteiger partial charge in [-0.1, -0.05) is 6.07 Å². The Labute approximate surface area is 260 Å². The lowest BCUT2D eigenvalue weighted by Crippen LogP contribution is -2.27. The van der Waals surface area contributed by atoms with E-state index in [2.05, 4.69) is 25.3 Å². The lowest BCUT2D eigenvalue weighted by molar-refractivity contribution is -0.153. The molecule has 0 unspecified atom stereocenters. The third-order valence-corrected chi connectivity index (χ3v) is 6.14. The Bertz CT molecular complexity index is 1910. The molecule has 1 N–H and O–H groups in total. The second-order valence-electron chi connectivity index (χ2n) is 10.9. The molecule has 1 amide bonds. The van der Waals surface area contributed by atoms with Crippen molar-refractivity contribution in [2.75, 3.05) is 19.0 Å². The first-order valence-electron chi connectivity index (χ1n) is 13.7. The summed E-state index contributed by atoms with van der Waals surface area (Å²) in [7, 11) is 1.37. The first kappa shape index (κ1) is 31.9. The number of amides is 1. The maximum absolute atomic E-state index is 15.5. The van der Waals surface area contributed by atoms with E-state index in [0.29, 0.717) is 5.69 Å². The molecular formula is C31H28F4N6O5. The Hall–Kier alpha value is -5.47. The fraction of sp³-hybridized carbons (Fsp3) is 0.258. The van der Waals surface area contributed by atoms with Crippen LogP contribution in [0.5, 0.6) is 23.3 Å². The first-order chi connectivity index (χ1) is 21.7. The number of benzene rings is 1.